The normalized spacial score (nSPS) is 22.7. The summed E-state index contributed by atoms with van der Waals surface area (Å²) < 4.78 is 22.1. The van der Waals surface area contributed by atoms with Crippen LogP contribution in [0.25, 0.3) is 10.9 Å². The van der Waals surface area contributed by atoms with Crippen LogP contribution in [-0.4, -0.2) is 28.6 Å². The van der Waals surface area contributed by atoms with E-state index in [-0.39, 0.29) is 18.6 Å². The quantitative estimate of drug-likeness (QED) is 0.912. The van der Waals surface area contributed by atoms with E-state index in [0.29, 0.717) is 22.6 Å². The van der Waals surface area contributed by atoms with Crippen molar-refractivity contribution in [2.24, 2.45) is 5.92 Å². The van der Waals surface area contributed by atoms with Crippen LogP contribution >= 0.6 is 15.9 Å². The van der Waals surface area contributed by atoms with Gasteiger partial charge in [0.15, 0.2) is 0 Å². The zero-order valence-corrected chi connectivity index (χ0v) is 13.4. The number of aliphatic hydroxyl groups is 1. The lowest BCUT2D eigenvalue weighted by Crippen LogP contribution is -2.21. The van der Waals surface area contributed by atoms with Crippen LogP contribution in [0.3, 0.4) is 0 Å². The average Bonchev–Trinajstić information content (AvgIpc) is 2.83. The molecule has 0 unspecified atom stereocenters. The maximum atomic E-state index is 14.6. The molecule has 2 aromatic rings. The van der Waals surface area contributed by atoms with Gasteiger partial charge in [-0.1, -0.05) is 0 Å². The highest BCUT2D eigenvalue weighted by atomic mass is 79.9. The highest BCUT2D eigenvalue weighted by Gasteiger charge is 2.26. The van der Waals surface area contributed by atoms with Crippen molar-refractivity contribution in [3.05, 3.63) is 22.6 Å². The molecule has 1 aliphatic rings. The molecule has 114 valence electrons. The highest BCUT2D eigenvalue weighted by molar-refractivity contribution is 9.10. The third-order valence-electron chi connectivity index (χ3n) is 4.33. The Hall–Kier alpha value is -1.14. The lowest BCUT2D eigenvalue weighted by Gasteiger charge is -2.27. The van der Waals surface area contributed by atoms with E-state index in [2.05, 4.69) is 21.0 Å². The topological polar surface area (TPSA) is 47.3 Å². The molecular weight excluding hydrogens is 339 g/mol. The zero-order valence-electron chi connectivity index (χ0n) is 11.9. The van der Waals surface area contributed by atoms with Gasteiger partial charge in [-0.25, -0.2) is 4.68 Å². The molecule has 0 bridgehead atoms. The first-order valence-electron chi connectivity index (χ1n) is 7.16. The molecule has 1 aromatic carbocycles. The van der Waals surface area contributed by atoms with Gasteiger partial charge in [-0.2, -0.15) is 9.49 Å². The highest BCUT2D eigenvalue weighted by Crippen LogP contribution is 2.36. The number of aromatic nitrogens is 2. The van der Waals surface area contributed by atoms with Crippen molar-refractivity contribution in [3.8, 4) is 5.75 Å². The molecule has 1 saturated carbocycles. The van der Waals surface area contributed by atoms with Gasteiger partial charge in [-0.15, -0.1) is 0 Å². The van der Waals surface area contributed by atoms with Crippen LogP contribution in [-0.2, 0) is 0 Å². The molecule has 0 spiro atoms. The SMILES string of the molecule is COc1cc2nn([C@H]3CC[C@H](CO)CC3)c(F)c2cc1Br. The molecule has 1 aromatic heterocycles. The summed E-state index contributed by atoms with van der Waals surface area (Å²) in [6.45, 7) is 0.223. The number of hydrogen-bond donors (Lipinski definition) is 1. The fourth-order valence-corrected chi connectivity index (χ4v) is 3.55. The Labute approximate surface area is 131 Å². The fraction of sp³-hybridized carbons (Fsp3) is 0.533. The first kappa shape index (κ1) is 14.8. The fourth-order valence-electron chi connectivity index (χ4n) is 3.04. The molecule has 1 N–H and O–H groups in total. The molecule has 21 heavy (non-hydrogen) atoms. The summed E-state index contributed by atoms with van der Waals surface area (Å²) in [5.74, 6) is 0.709. The van der Waals surface area contributed by atoms with Gasteiger partial charge in [0.05, 0.1) is 28.5 Å². The lowest BCUT2D eigenvalue weighted by atomic mass is 9.87. The number of halogens is 2. The van der Waals surface area contributed by atoms with Crippen LogP contribution < -0.4 is 4.74 Å². The van der Waals surface area contributed by atoms with Crippen LogP contribution in [0, 0.1) is 11.9 Å². The first-order valence-corrected chi connectivity index (χ1v) is 7.95. The Kier molecular flexibility index (Phi) is 4.17. The van der Waals surface area contributed by atoms with E-state index in [4.69, 9.17) is 4.74 Å². The maximum Gasteiger partial charge on any atom is 0.219 e. The minimum Gasteiger partial charge on any atom is -0.495 e. The van der Waals surface area contributed by atoms with Crippen molar-refractivity contribution >= 4 is 26.8 Å². The van der Waals surface area contributed by atoms with Gasteiger partial charge >= 0.3 is 0 Å². The van der Waals surface area contributed by atoms with E-state index >= 15 is 0 Å². The molecule has 0 saturated heterocycles. The number of methoxy groups -OCH3 is 1. The maximum absolute atomic E-state index is 14.6. The minimum atomic E-state index is -0.291. The number of nitrogens with zero attached hydrogens (tertiary/aromatic N) is 2. The van der Waals surface area contributed by atoms with Gasteiger partial charge in [0, 0.05) is 12.7 Å². The molecule has 1 heterocycles. The Morgan fingerprint density at radius 1 is 1.38 bits per heavy atom. The van der Waals surface area contributed by atoms with Gasteiger partial charge < -0.3 is 9.84 Å². The second kappa shape index (κ2) is 5.93. The molecule has 1 aliphatic carbocycles. The molecule has 0 atom stereocenters. The minimum absolute atomic E-state index is 0.0740. The number of fused-ring (bicyclic) bond motifs is 1. The average molecular weight is 357 g/mol. The first-order chi connectivity index (χ1) is 10.1. The molecule has 6 heteroatoms. The third-order valence-corrected chi connectivity index (χ3v) is 4.95. The monoisotopic (exact) mass is 356 g/mol. The largest absolute Gasteiger partial charge is 0.495 e. The summed E-state index contributed by atoms with van der Waals surface area (Å²) >= 11 is 3.38. The van der Waals surface area contributed by atoms with Gasteiger partial charge in [-0.3, -0.25) is 0 Å². The van der Waals surface area contributed by atoms with Gasteiger partial charge in [0.25, 0.3) is 0 Å². The predicted molar refractivity (Wildman–Crippen MR) is 82.0 cm³/mol. The Bertz CT molecular complexity index is 651. The van der Waals surface area contributed by atoms with Crippen LogP contribution in [0.2, 0.25) is 0 Å². The number of benzene rings is 1. The van der Waals surface area contributed by atoms with Crippen molar-refractivity contribution in [2.45, 2.75) is 31.7 Å². The van der Waals surface area contributed by atoms with E-state index in [9.17, 15) is 9.50 Å². The van der Waals surface area contributed by atoms with Crippen molar-refractivity contribution in [3.63, 3.8) is 0 Å². The van der Waals surface area contributed by atoms with Crippen LogP contribution in [0.15, 0.2) is 16.6 Å². The Balaban J connectivity index is 1.95. The standard InChI is InChI=1S/C15H18BrFN2O2/c1-21-14-7-13-11(6-12(14)16)15(17)19(18-13)10-4-2-9(8-20)3-5-10/h6-7,9-10,20H,2-5,8H2,1H3/t9-,10-. The second-order valence-corrected chi connectivity index (χ2v) is 6.45. The van der Waals surface area contributed by atoms with Gasteiger partial charge in [0.2, 0.25) is 5.95 Å². The Morgan fingerprint density at radius 3 is 2.71 bits per heavy atom. The summed E-state index contributed by atoms with van der Waals surface area (Å²) in [7, 11) is 1.58. The molecule has 1 fully saturated rings. The van der Waals surface area contributed by atoms with E-state index in [1.54, 1.807) is 19.2 Å². The number of rotatable bonds is 3. The second-order valence-electron chi connectivity index (χ2n) is 5.60. The summed E-state index contributed by atoms with van der Waals surface area (Å²) in [6, 6.07) is 3.54. The van der Waals surface area contributed by atoms with E-state index in [1.165, 1.54) is 4.68 Å². The lowest BCUT2D eigenvalue weighted by molar-refractivity contribution is 0.160. The molecule has 0 amide bonds. The third kappa shape index (κ3) is 2.66. The van der Waals surface area contributed by atoms with Gasteiger partial charge in [-0.05, 0) is 53.6 Å². The molecular formula is C15H18BrFN2O2. The number of hydrogen-bond acceptors (Lipinski definition) is 3. The summed E-state index contributed by atoms with van der Waals surface area (Å²) in [5.41, 5.74) is 0.608. The van der Waals surface area contributed by atoms with Crippen molar-refractivity contribution in [1.82, 2.24) is 9.78 Å². The number of ether oxygens (including phenoxy) is 1. The number of aliphatic hydroxyl groups excluding tert-OH is 1. The smallest absolute Gasteiger partial charge is 0.219 e. The summed E-state index contributed by atoms with van der Waals surface area (Å²) in [4.78, 5) is 0. The van der Waals surface area contributed by atoms with Gasteiger partial charge in [0.1, 0.15) is 5.75 Å². The summed E-state index contributed by atoms with van der Waals surface area (Å²) in [5, 5.41) is 14.1. The van der Waals surface area contributed by atoms with E-state index < -0.39 is 0 Å². The zero-order chi connectivity index (χ0) is 15.0. The predicted octanol–water partition coefficient (Wildman–Crippen LogP) is 3.67. The van der Waals surface area contributed by atoms with Crippen molar-refractivity contribution in [1.29, 1.82) is 0 Å². The Morgan fingerprint density at radius 2 is 2.10 bits per heavy atom. The van der Waals surface area contributed by atoms with Crippen molar-refractivity contribution < 1.29 is 14.2 Å². The summed E-state index contributed by atoms with van der Waals surface area (Å²) in [6.07, 6.45) is 3.55. The van der Waals surface area contributed by atoms with Crippen LogP contribution in [0.1, 0.15) is 31.7 Å². The molecule has 0 aliphatic heterocycles. The molecule has 4 nitrogen and oxygen atoms in total. The van der Waals surface area contributed by atoms with E-state index in [1.807, 2.05) is 0 Å². The van der Waals surface area contributed by atoms with Crippen molar-refractivity contribution in [2.75, 3.05) is 13.7 Å². The van der Waals surface area contributed by atoms with Crippen LogP contribution in [0.4, 0.5) is 4.39 Å². The molecule has 0 radical (unpaired) electrons. The molecule has 3 rings (SSSR count). The van der Waals surface area contributed by atoms with E-state index in [0.717, 1.165) is 30.2 Å². The van der Waals surface area contributed by atoms with Crippen LogP contribution in [0.5, 0.6) is 5.75 Å².